The fourth-order valence-electron chi connectivity index (χ4n) is 1.70. The summed E-state index contributed by atoms with van der Waals surface area (Å²) in [4.78, 5) is 11.4. The summed E-state index contributed by atoms with van der Waals surface area (Å²) >= 11 is 5.92. The van der Waals surface area contributed by atoms with Gasteiger partial charge in [0.05, 0.1) is 11.2 Å². The SMILES string of the molecule is Nc1cc(Cl)cc2[nH]c(Cn3cncn3)nc12. The summed E-state index contributed by atoms with van der Waals surface area (Å²) < 4.78 is 1.68. The molecule has 3 rings (SSSR count). The Morgan fingerprint density at radius 1 is 1.41 bits per heavy atom. The maximum absolute atomic E-state index is 5.92. The Morgan fingerprint density at radius 2 is 2.29 bits per heavy atom. The van der Waals surface area contributed by atoms with Gasteiger partial charge in [0.2, 0.25) is 0 Å². The monoisotopic (exact) mass is 248 g/mol. The second kappa shape index (κ2) is 3.74. The molecule has 17 heavy (non-hydrogen) atoms. The van der Waals surface area contributed by atoms with Crippen LogP contribution in [0.4, 0.5) is 5.69 Å². The molecule has 0 radical (unpaired) electrons. The van der Waals surface area contributed by atoms with Crippen molar-refractivity contribution in [2.75, 3.05) is 5.73 Å². The Hall–Kier alpha value is -2.08. The van der Waals surface area contributed by atoms with Crippen molar-refractivity contribution in [3.8, 4) is 0 Å². The minimum absolute atomic E-state index is 0.520. The molecule has 0 bridgehead atoms. The van der Waals surface area contributed by atoms with Gasteiger partial charge in [0, 0.05) is 5.02 Å². The van der Waals surface area contributed by atoms with Crippen LogP contribution >= 0.6 is 11.6 Å². The smallest absolute Gasteiger partial charge is 0.137 e. The van der Waals surface area contributed by atoms with Crippen molar-refractivity contribution in [2.45, 2.75) is 6.54 Å². The van der Waals surface area contributed by atoms with Crippen LogP contribution in [0.2, 0.25) is 5.02 Å². The first kappa shape index (κ1) is 10.1. The van der Waals surface area contributed by atoms with Gasteiger partial charge in [-0.2, -0.15) is 5.10 Å². The first-order chi connectivity index (χ1) is 8.22. The predicted molar refractivity (Wildman–Crippen MR) is 64.6 cm³/mol. The Morgan fingerprint density at radius 3 is 3.06 bits per heavy atom. The molecule has 3 N–H and O–H groups in total. The average molecular weight is 249 g/mol. The summed E-state index contributed by atoms with van der Waals surface area (Å²) in [6, 6.07) is 3.48. The molecule has 0 fully saturated rings. The van der Waals surface area contributed by atoms with Crippen molar-refractivity contribution in [1.82, 2.24) is 24.7 Å². The third-order valence-corrected chi connectivity index (χ3v) is 2.63. The van der Waals surface area contributed by atoms with Crippen LogP contribution < -0.4 is 5.73 Å². The van der Waals surface area contributed by atoms with Crippen molar-refractivity contribution in [3.63, 3.8) is 0 Å². The number of nitrogens with one attached hydrogen (secondary N) is 1. The van der Waals surface area contributed by atoms with E-state index < -0.39 is 0 Å². The lowest BCUT2D eigenvalue weighted by Gasteiger charge is -1.94. The zero-order chi connectivity index (χ0) is 11.8. The number of halogens is 1. The van der Waals surface area contributed by atoms with Gasteiger partial charge in [-0.25, -0.2) is 14.6 Å². The maximum atomic E-state index is 5.92. The van der Waals surface area contributed by atoms with Crippen molar-refractivity contribution in [3.05, 3.63) is 35.6 Å². The molecule has 1 aromatic carbocycles. The van der Waals surface area contributed by atoms with Gasteiger partial charge in [0.25, 0.3) is 0 Å². The molecule has 2 heterocycles. The van der Waals surface area contributed by atoms with Crippen LogP contribution in [-0.4, -0.2) is 24.7 Å². The molecule has 3 aromatic rings. The number of aromatic amines is 1. The van der Waals surface area contributed by atoms with Gasteiger partial charge in [-0.3, -0.25) is 0 Å². The molecule has 0 unspecified atom stereocenters. The van der Waals surface area contributed by atoms with E-state index in [1.54, 1.807) is 23.1 Å². The summed E-state index contributed by atoms with van der Waals surface area (Å²) in [5, 5.41) is 4.60. The number of imidazole rings is 1. The molecule has 0 amide bonds. The van der Waals surface area contributed by atoms with Crippen LogP contribution in [0.3, 0.4) is 0 Å². The van der Waals surface area contributed by atoms with Crippen molar-refractivity contribution in [1.29, 1.82) is 0 Å². The van der Waals surface area contributed by atoms with E-state index in [1.165, 1.54) is 6.33 Å². The van der Waals surface area contributed by atoms with Gasteiger partial charge in [-0.15, -0.1) is 0 Å². The lowest BCUT2D eigenvalue weighted by Crippen LogP contribution is -2.01. The van der Waals surface area contributed by atoms with E-state index in [2.05, 4.69) is 20.1 Å². The van der Waals surface area contributed by atoms with Gasteiger partial charge < -0.3 is 10.7 Å². The molecule has 0 aliphatic carbocycles. The fourth-order valence-corrected chi connectivity index (χ4v) is 1.93. The van der Waals surface area contributed by atoms with Crippen LogP contribution in [0.1, 0.15) is 5.82 Å². The molecule has 6 nitrogen and oxygen atoms in total. The van der Waals surface area contributed by atoms with E-state index in [9.17, 15) is 0 Å². The van der Waals surface area contributed by atoms with Crippen molar-refractivity contribution < 1.29 is 0 Å². The summed E-state index contributed by atoms with van der Waals surface area (Å²) in [7, 11) is 0. The van der Waals surface area contributed by atoms with E-state index in [0.717, 1.165) is 16.9 Å². The fraction of sp³-hybridized carbons (Fsp3) is 0.100. The Labute approximate surface area is 101 Å². The number of rotatable bonds is 2. The number of aromatic nitrogens is 5. The van der Waals surface area contributed by atoms with E-state index in [-0.39, 0.29) is 0 Å². The zero-order valence-electron chi connectivity index (χ0n) is 8.76. The average Bonchev–Trinajstić information content (AvgIpc) is 2.87. The topological polar surface area (TPSA) is 85.4 Å². The number of hydrogen-bond donors (Lipinski definition) is 2. The number of anilines is 1. The zero-order valence-corrected chi connectivity index (χ0v) is 9.52. The summed E-state index contributed by atoms with van der Waals surface area (Å²) in [5.74, 6) is 0.763. The van der Waals surface area contributed by atoms with Crippen molar-refractivity contribution >= 4 is 28.3 Å². The molecule has 0 aliphatic rings. The molecular weight excluding hydrogens is 240 g/mol. The maximum Gasteiger partial charge on any atom is 0.137 e. The summed E-state index contributed by atoms with van der Waals surface area (Å²) in [5.41, 5.74) is 7.96. The molecule has 0 spiro atoms. The van der Waals surface area contributed by atoms with Crippen LogP contribution in [0.5, 0.6) is 0 Å². The molecule has 0 saturated heterocycles. The lowest BCUT2D eigenvalue weighted by molar-refractivity contribution is 0.661. The normalized spacial score (nSPS) is 11.1. The minimum atomic E-state index is 0.520. The van der Waals surface area contributed by atoms with E-state index >= 15 is 0 Å². The second-order valence-corrected chi connectivity index (χ2v) is 4.10. The molecule has 0 atom stereocenters. The van der Waals surface area contributed by atoms with Crippen LogP contribution in [-0.2, 0) is 6.54 Å². The number of hydrogen-bond acceptors (Lipinski definition) is 4. The molecule has 0 aliphatic heterocycles. The second-order valence-electron chi connectivity index (χ2n) is 3.67. The van der Waals surface area contributed by atoms with Gasteiger partial charge in [0.15, 0.2) is 0 Å². The third kappa shape index (κ3) is 1.83. The highest BCUT2D eigenvalue weighted by Gasteiger charge is 2.07. The first-order valence-corrected chi connectivity index (χ1v) is 5.36. The summed E-state index contributed by atoms with van der Waals surface area (Å²) in [6.45, 7) is 0.520. The Balaban J connectivity index is 2.05. The molecule has 86 valence electrons. The number of nitrogens with two attached hydrogens (primary N) is 1. The van der Waals surface area contributed by atoms with Gasteiger partial charge in [0.1, 0.15) is 30.5 Å². The highest BCUT2D eigenvalue weighted by atomic mass is 35.5. The number of H-pyrrole nitrogens is 1. The number of benzene rings is 1. The lowest BCUT2D eigenvalue weighted by atomic mass is 10.3. The largest absolute Gasteiger partial charge is 0.397 e. The molecule has 7 heteroatoms. The Kier molecular flexibility index (Phi) is 2.22. The van der Waals surface area contributed by atoms with Crippen LogP contribution in [0.15, 0.2) is 24.8 Å². The highest BCUT2D eigenvalue weighted by Crippen LogP contribution is 2.24. The van der Waals surface area contributed by atoms with E-state index in [0.29, 0.717) is 17.3 Å². The van der Waals surface area contributed by atoms with Gasteiger partial charge in [-0.05, 0) is 12.1 Å². The molecule has 2 aromatic heterocycles. The number of nitrogens with zero attached hydrogens (tertiary/aromatic N) is 4. The van der Waals surface area contributed by atoms with Crippen molar-refractivity contribution in [2.24, 2.45) is 0 Å². The van der Waals surface area contributed by atoms with Crippen LogP contribution in [0, 0.1) is 0 Å². The number of nitrogen functional groups attached to an aromatic ring is 1. The molecule has 0 saturated carbocycles. The first-order valence-electron chi connectivity index (χ1n) is 4.98. The van der Waals surface area contributed by atoms with Gasteiger partial charge >= 0.3 is 0 Å². The highest BCUT2D eigenvalue weighted by molar-refractivity contribution is 6.31. The Bertz CT molecular complexity index is 657. The van der Waals surface area contributed by atoms with Crippen LogP contribution in [0.25, 0.3) is 11.0 Å². The summed E-state index contributed by atoms with van der Waals surface area (Å²) in [6.07, 6.45) is 3.11. The molecular formula is C10H9ClN6. The van der Waals surface area contributed by atoms with E-state index in [4.69, 9.17) is 17.3 Å². The standard InChI is InChI=1S/C10H9ClN6/c11-6-1-7(12)10-8(2-6)15-9(16-10)3-17-5-13-4-14-17/h1-2,4-5H,3,12H2,(H,15,16). The van der Waals surface area contributed by atoms with E-state index in [1.807, 2.05) is 0 Å². The minimum Gasteiger partial charge on any atom is -0.397 e. The number of fused-ring (bicyclic) bond motifs is 1. The quantitative estimate of drug-likeness (QED) is 0.672. The predicted octanol–water partition coefficient (Wildman–Crippen LogP) is 1.44. The third-order valence-electron chi connectivity index (χ3n) is 2.41. The van der Waals surface area contributed by atoms with Gasteiger partial charge in [-0.1, -0.05) is 11.6 Å².